The highest BCUT2D eigenvalue weighted by Gasteiger charge is 2.30. The summed E-state index contributed by atoms with van der Waals surface area (Å²) in [5.41, 5.74) is 1.63. The topological polar surface area (TPSA) is 71.0 Å². The maximum atomic E-state index is 12.6. The van der Waals surface area contributed by atoms with E-state index in [0.29, 0.717) is 5.69 Å². The van der Waals surface area contributed by atoms with E-state index in [0.717, 1.165) is 30.8 Å². The Balaban J connectivity index is 1.70. The molecule has 6 nitrogen and oxygen atoms in total. The van der Waals surface area contributed by atoms with Gasteiger partial charge in [-0.3, -0.25) is 4.98 Å². The molecule has 1 fully saturated rings. The van der Waals surface area contributed by atoms with Crippen LogP contribution in [-0.4, -0.2) is 32.4 Å². The minimum absolute atomic E-state index is 0.0998. The van der Waals surface area contributed by atoms with Crippen molar-refractivity contribution in [2.75, 3.05) is 11.9 Å². The fourth-order valence-corrected chi connectivity index (χ4v) is 2.92. The number of aromatic nitrogens is 3. The van der Waals surface area contributed by atoms with Crippen molar-refractivity contribution in [2.45, 2.75) is 45.1 Å². The number of carbonyl (C=O) groups excluding carboxylic acids is 1. The van der Waals surface area contributed by atoms with Crippen molar-refractivity contribution in [3.8, 4) is 0 Å². The summed E-state index contributed by atoms with van der Waals surface area (Å²) >= 11 is 0. The summed E-state index contributed by atoms with van der Waals surface area (Å²) in [5, 5.41) is 2.91. The van der Waals surface area contributed by atoms with Crippen molar-refractivity contribution in [2.24, 2.45) is 0 Å². The van der Waals surface area contributed by atoms with Gasteiger partial charge in [-0.25, -0.2) is 14.8 Å². The van der Waals surface area contributed by atoms with E-state index in [-0.39, 0.29) is 17.5 Å². The number of hydrogen-bond donors (Lipinski definition) is 1. The Kier molecular flexibility index (Phi) is 4.46. The summed E-state index contributed by atoms with van der Waals surface area (Å²) in [4.78, 5) is 27.2. The Morgan fingerprint density at radius 2 is 1.88 bits per heavy atom. The van der Waals surface area contributed by atoms with E-state index in [1.165, 1.54) is 0 Å². The Hall–Kier alpha value is -2.50. The number of carbonyl (C=O) groups is 1. The molecule has 0 spiro atoms. The van der Waals surface area contributed by atoms with Gasteiger partial charge in [0.1, 0.15) is 5.82 Å². The van der Waals surface area contributed by atoms with Crippen molar-refractivity contribution in [1.29, 1.82) is 0 Å². The highest BCUT2D eigenvalue weighted by molar-refractivity contribution is 5.89. The van der Waals surface area contributed by atoms with E-state index in [4.69, 9.17) is 0 Å². The molecule has 1 atom stereocenters. The fourth-order valence-electron chi connectivity index (χ4n) is 2.92. The largest absolute Gasteiger partial charge is 0.322 e. The van der Waals surface area contributed by atoms with Crippen LogP contribution in [0.25, 0.3) is 0 Å². The number of urea groups is 1. The molecule has 1 N–H and O–H groups in total. The van der Waals surface area contributed by atoms with E-state index in [2.05, 4.69) is 41.0 Å². The number of likely N-dealkylation sites (tertiary alicyclic amines) is 1. The van der Waals surface area contributed by atoms with Crippen LogP contribution >= 0.6 is 0 Å². The van der Waals surface area contributed by atoms with Crippen LogP contribution in [0.3, 0.4) is 0 Å². The van der Waals surface area contributed by atoms with Gasteiger partial charge in [0.25, 0.3) is 0 Å². The van der Waals surface area contributed by atoms with Crippen LogP contribution < -0.4 is 5.32 Å². The SMILES string of the molecule is CC(C)(C)c1ncc(NC(=O)N2CCCC2c2ccncc2)cn1. The summed E-state index contributed by atoms with van der Waals surface area (Å²) in [5.74, 6) is 0.760. The van der Waals surface area contributed by atoms with Crippen LogP contribution in [0.4, 0.5) is 10.5 Å². The first kappa shape index (κ1) is 16.4. The van der Waals surface area contributed by atoms with Gasteiger partial charge in [-0.1, -0.05) is 20.8 Å². The van der Waals surface area contributed by atoms with Gasteiger partial charge in [0, 0.05) is 24.4 Å². The normalized spacial score (nSPS) is 17.8. The molecule has 6 heteroatoms. The first-order valence-corrected chi connectivity index (χ1v) is 8.25. The summed E-state index contributed by atoms with van der Waals surface area (Å²) in [6.45, 7) is 6.93. The number of hydrogen-bond acceptors (Lipinski definition) is 4. The second kappa shape index (κ2) is 6.55. The molecule has 1 aliphatic rings. The Labute approximate surface area is 142 Å². The molecule has 2 aromatic heterocycles. The number of nitrogens with one attached hydrogen (secondary N) is 1. The lowest BCUT2D eigenvalue weighted by molar-refractivity contribution is 0.207. The zero-order chi connectivity index (χ0) is 17.2. The molecule has 1 aliphatic heterocycles. The van der Waals surface area contributed by atoms with Crippen molar-refractivity contribution in [3.05, 3.63) is 48.3 Å². The third-order valence-electron chi connectivity index (χ3n) is 4.18. The fraction of sp³-hybridized carbons (Fsp3) is 0.444. The number of pyridine rings is 1. The lowest BCUT2D eigenvalue weighted by Gasteiger charge is -2.25. The lowest BCUT2D eigenvalue weighted by Crippen LogP contribution is -2.34. The first-order valence-electron chi connectivity index (χ1n) is 8.25. The summed E-state index contributed by atoms with van der Waals surface area (Å²) in [6, 6.07) is 3.93. The van der Waals surface area contributed by atoms with Crippen LogP contribution in [0.1, 0.15) is 51.0 Å². The van der Waals surface area contributed by atoms with E-state index >= 15 is 0 Å². The third-order valence-corrected chi connectivity index (χ3v) is 4.18. The zero-order valence-electron chi connectivity index (χ0n) is 14.4. The maximum absolute atomic E-state index is 12.6. The number of anilines is 1. The van der Waals surface area contributed by atoms with E-state index in [1.807, 2.05) is 17.0 Å². The van der Waals surface area contributed by atoms with Gasteiger partial charge in [-0.2, -0.15) is 0 Å². The summed E-state index contributed by atoms with van der Waals surface area (Å²) < 4.78 is 0. The molecule has 1 unspecified atom stereocenters. The minimum atomic E-state index is -0.110. The molecule has 1 saturated heterocycles. The van der Waals surface area contributed by atoms with Crippen molar-refractivity contribution in [3.63, 3.8) is 0 Å². The smallest absolute Gasteiger partial charge is 0.317 e. The quantitative estimate of drug-likeness (QED) is 0.917. The van der Waals surface area contributed by atoms with Crippen LogP contribution in [0.5, 0.6) is 0 Å². The molecule has 0 saturated carbocycles. The van der Waals surface area contributed by atoms with Gasteiger partial charge in [-0.15, -0.1) is 0 Å². The van der Waals surface area contributed by atoms with Crippen molar-refractivity contribution in [1.82, 2.24) is 19.9 Å². The molecule has 0 radical (unpaired) electrons. The average molecular weight is 325 g/mol. The highest BCUT2D eigenvalue weighted by Crippen LogP contribution is 2.32. The monoisotopic (exact) mass is 325 g/mol. The molecule has 0 bridgehead atoms. The van der Waals surface area contributed by atoms with Crippen LogP contribution in [0, 0.1) is 0 Å². The van der Waals surface area contributed by atoms with Gasteiger partial charge in [-0.05, 0) is 30.5 Å². The van der Waals surface area contributed by atoms with Crippen LogP contribution in [0.15, 0.2) is 36.9 Å². The maximum Gasteiger partial charge on any atom is 0.322 e. The summed E-state index contributed by atoms with van der Waals surface area (Å²) in [6.07, 6.45) is 8.84. The highest BCUT2D eigenvalue weighted by atomic mass is 16.2. The Bertz CT molecular complexity index is 694. The molecule has 0 aromatic carbocycles. The minimum Gasteiger partial charge on any atom is -0.317 e. The summed E-state index contributed by atoms with van der Waals surface area (Å²) in [7, 11) is 0. The molecule has 126 valence electrons. The number of rotatable bonds is 2. The van der Waals surface area contributed by atoms with Crippen LogP contribution in [-0.2, 0) is 5.41 Å². The van der Waals surface area contributed by atoms with E-state index in [1.54, 1.807) is 24.8 Å². The third kappa shape index (κ3) is 3.53. The van der Waals surface area contributed by atoms with E-state index in [9.17, 15) is 4.79 Å². The molecule has 0 aliphatic carbocycles. The number of nitrogens with zero attached hydrogens (tertiary/aromatic N) is 4. The Morgan fingerprint density at radius 3 is 2.50 bits per heavy atom. The molecule has 2 amide bonds. The molecule has 2 aromatic rings. The van der Waals surface area contributed by atoms with Crippen LogP contribution in [0.2, 0.25) is 0 Å². The van der Waals surface area contributed by atoms with Crippen molar-refractivity contribution < 1.29 is 4.79 Å². The second-order valence-corrected chi connectivity index (χ2v) is 7.11. The molecular weight excluding hydrogens is 302 g/mol. The molecule has 3 heterocycles. The zero-order valence-corrected chi connectivity index (χ0v) is 14.4. The van der Waals surface area contributed by atoms with E-state index < -0.39 is 0 Å². The van der Waals surface area contributed by atoms with Gasteiger partial charge in [0.15, 0.2) is 0 Å². The lowest BCUT2D eigenvalue weighted by atomic mass is 9.96. The first-order chi connectivity index (χ1) is 11.4. The van der Waals surface area contributed by atoms with Gasteiger partial charge in [0.2, 0.25) is 0 Å². The molecular formula is C18H23N5O. The molecule has 3 rings (SSSR count). The van der Waals surface area contributed by atoms with Gasteiger partial charge in [0.05, 0.1) is 24.1 Å². The van der Waals surface area contributed by atoms with Crippen molar-refractivity contribution >= 4 is 11.7 Å². The van der Waals surface area contributed by atoms with Gasteiger partial charge >= 0.3 is 6.03 Å². The molecule has 24 heavy (non-hydrogen) atoms. The average Bonchev–Trinajstić information content (AvgIpc) is 3.05. The number of amides is 2. The second-order valence-electron chi connectivity index (χ2n) is 7.11. The Morgan fingerprint density at radius 1 is 1.21 bits per heavy atom. The predicted octanol–water partition coefficient (Wildman–Crippen LogP) is 3.54. The standard InChI is InChI=1S/C18H23N5O/c1-18(2,3)16-20-11-14(12-21-16)22-17(24)23-10-4-5-15(23)13-6-8-19-9-7-13/h6-9,11-12,15H,4-5,10H2,1-3H3,(H,22,24). The predicted molar refractivity (Wildman–Crippen MR) is 92.7 cm³/mol. The van der Waals surface area contributed by atoms with Gasteiger partial charge < -0.3 is 10.2 Å².